The highest BCUT2D eigenvalue weighted by Gasteiger charge is 2.18. The molecular formula is C15H22ClNO3. The molecule has 0 aliphatic rings. The first-order chi connectivity index (χ1) is 9.41. The van der Waals surface area contributed by atoms with Gasteiger partial charge >= 0.3 is 0 Å². The first-order valence-electron chi connectivity index (χ1n) is 6.63. The lowest BCUT2D eigenvalue weighted by Gasteiger charge is -2.21. The van der Waals surface area contributed by atoms with E-state index in [4.69, 9.17) is 21.4 Å². The monoisotopic (exact) mass is 299 g/mol. The van der Waals surface area contributed by atoms with Gasteiger partial charge in [-0.1, -0.05) is 31.5 Å². The van der Waals surface area contributed by atoms with Crippen molar-refractivity contribution in [3.05, 3.63) is 28.8 Å². The fourth-order valence-corrected chi connectivity index (χ4v) is 2.08. The quantitative estimate of drug-likeness (QED) is 0.761. The number of carbonyl (C=O) groups is 1. The molecule has 1 aromatic carbocycles. The second kappa shape index (κ2) is 7.50. The lowest BCUT2D eigenvalue weighted by atomic mass is 9.89. The number of benzene rings is 1. The fourth-order valence-electron chi connectivity index (χ4n) is 1.83. The Hall–Kier alpha value is -1.26. The molecule has 1 aromatic rings. The third-order valence-corrected chi connectivity index (χ3v) is 3.48. The van der Waals surface area contributed by atoms with Crippen LogP contribution in [0.5, 0.6) is 5.75 Å². The molecule has 1 amide bonds. The van der Waals surface area contributed by atoms with Crippen molar-refractivity contribution in [1.29, 1.82) is 0 Å². The number of halogens is 1. The number of aliphatic hydroxyl groups excluding tert-OH is 1. The van der Waals surface area contributed by atoms with Crippen LogP contribution in [0.25, 0.3) is 0 Å². The molecule has 2 N–H and O–H groups in total. The maximum absolute atomic E-state index is 12.1. The number of ether oxygens (including phenoxy) is 1. The van der Waals surface area contributed by atoms with Crippen LogP contribution in [-0.4, -0.2) is 31.3 Å². The van der Waals surface area contributed by atoms with Gasteiger partial charge in [0, 0.05) is 13.2 Å². The molecular weight excluding hydrogens is 278 g/mol. The highest BCUT2D eigenvalue weighted by atomic mass is 35.5. The van der Waals surface area contributed by atoms with Crippen LogP contribution in [0.15, 0.2) is 18.2 Å². The van der Waals surface area contributed by atoms with E-state index >= 15 is 0 Å². The summed E-state index contributed by atoms with van der Waals surface area (Å²) in [6, 6.07) is 5.10. The second-order valence-electron chi connectivity index (χ2n) is 5.50. The average molecular weight is 300 g/mol. The number of hydrogen-bond acceptors (Lipinski definition) is 3. The van der Waals surface area contributed by atoms with Crippen molar-refractivity contribution in [3.8, 4) is 5.75 Å². The van der Waals surface area contributed by atoms with E-state index in [1.54, 1.807) is 18.2 Å². The highest BCUT2D eigenvalue weighted by molar-refractivity contribution is 6.34. The molecule has 0 saturated heterocycles. The molecule has 0 aliphatic heterocycles. The van der Waals surface area contributed by atoms with Gasteiger partial charge in [-0.3, -0.25) is 4.79 Å². The Kier molecular flexibility index (Phi) is 6.30. The standard InChI is InChI=1S/C15H22ClNO3/c1-15(2,10-18)8-5-9-17-14(19)13-11(16)6-4-7-12(13)20-3/h4,6-7,18H,5,8-10H2,1-3H3,(H,17,19). The zero-order chi connectivity index (χ0) is 15.2. The number of amides is 1. The number of aliphatic hydroxyl groups is 1. The van der Waals surface area contributed by atoms with Crippen molar-refractivity contribution >= 4 is 17.5 Å². The van der Waals surface area contributed by atoms with Crippen LogP contribution in [0.4, 0.5) is 0 Å². The summed E-state index contributed by atoms with van der Waals surface area (Å²) in [6.45, 7) is 4.66. The van der Waals surface area contributed by atoms with Crippen LogP contribution in [-0.2, 0) is 0 Å². The van der Waals surface area contributed by atoms with Crippen molar-refractivity contribution in [2.75, 3.05) is 20.3 Å². The Balaban J connectivity index is 2.56. The molecule has 20 heavy (non-hydrogen) atoms. The van der Waals surface area contributed by atoms with E-state index in [2.05, 4.69) is 5.32 Å². The highest BCUT2D eigenvalue weighted by Crippen LogP contribution is 2.26. The molecule has 0 spiro atoms. The Bertz CT molecular complexity index is 460. The largest absolute Gasteiger partial charge is 0.496 e. The van der Waals surface area contributed by atoms with Gasteiger partial charge in [0.15, 0.2) is 0 Å². The maximum Gasteiger partial charge on any atom is 0.256 e. The van der Waals surface area contributed by atoms with Crippen LogP contribution >= 0.6 is 11.6 Å². The lowest BCUT2D eigenvalue weighted by Crippen LogP contribution is -2.27. The zero-order valence-electron chi connectivity index (χ0n) is 12.2. The molecule has 0 fully saturated rings. The first kappa shape index (κ1) is 16.8. The van der Waals surface area contributed by atoms with E-state index in [0.717, 1.165) is 12.8 Å². The molecule has 0 unspecified atom stereocenters. The summed E-state index contributed by atoms with van der Waals surface area (Å²) < 4.78 is 5.15. The zero-order valence-corrected chi connectivity index (χ0v) is 13.0. The average Bonchev–Trinajstić information content (AvgIpc) is 2.43. The van der Waals surface area contributed by atoms with E-state index in [9.17, 15) is 4.79 Å². The first-order valence-corrected chi connectivity index (χ1v) is 7.00. The van der Waals surface area contributed by atoms with Gasteiger partial charge in [0.05, 0.1) is 17.7 Å². The second-order valence-corrected chi connectivity index (χ2v) is 5.91. The van der Waals surface area contributed by atoms with Gasteiger partial charge in [0.25, 0.3) is 5.91 Å². The number of nitrogens with one attached hydrogen (secondary N) is 1. The molecule has 4 nitrogen and oxygen atoms in total. The van der Waals surface area contributed by atoms with E-state index < -0.39 is 0 Å². The molecule has 0 heterocycles. The smallest absolute Gasteiger partial charge is 0.256 e. The van der Waals surface area contributed by atoms with Gasteiger partial charge in [-0.05, 0) is 30.4 Å². The number of carbonyl (C=O) groups excluding carboxylic acids is 1. The van der Waals surface area contributed by atoms with Crippen LogP contribution in [0.2, 0.25) is 5.02 Å². The summed E-state index contributed by atoms with van der Waals surface area (Å²) in [6.07, 6.45) is 1.63. The molecule has 0 aromatic heterocycles. The molecule has 0 radical (unpaired) electrons. The Morgan fingerprint density at radius 3 is 2.75 bits per heavy atom. The van der Waals surface area contributed by atoms with Gasteiger partial charge in [-0.25, -0.2) is 0 Å². The van der Waals surface area contributed by atoms with E-state index in [1.165, 1.54) is 7.11 Å². The molecule has 0 bridgehead atoms. The summed E-state index contributed by atoms with van der Waals surface area (Å²) in [7, 11) is 1.51. The molecule has 112 valence electrons. The molecule has 0 saturated carbocycles. The van der Waals surface area contributed by atoms with Crippen molar-refractivity contribution in [3.63, 3.8) is 0 Å². The van der Waals surface area contributed by atoms with Gasteiger partial charge in [0.2, 0.25) is 0 Å². The predicted octanol–water partition coefficient (Wildman–Crippen LogP) is 2.88. The summed E-state index contributed by atoms with van der Waals surface area (Å²) >= 11 is 6.04. The van der Waals surface area contributed by atoms with Crippen molar-refractivity contribution in [2.45, 2.75) is 26.7 Å². The number of hydrogen-bond donors (Lipinski definition) is 2. The molecule has 0 atom stereocenters. The fraction of sp³-hybridized carbons (Fsp3) is 0.533. The van der Waals surface area contributed by atoms with Gasteiger partial charge in [-0.2, -0.15) is 0 Å². The maximum atomic E-state index is 12.1. The minimum Gasteiger partial charge on any atom is -0.496 e. The van der Waals surface area contributed by atoms with E-state index in [-0.39, 0.29) is 17.9 Å². The van der Waals surface area contributed by atoms with E-state index in [0.29, 0.717) is 22.9 Å². The Morgan fingerprint density at radius 1 is 1.45 bits per heavy atom. The Morgan fingerprint density at radius 2 is 2.15 bits per heavy atom. The number of rotatable bonds is 7. The SMILES string of the molecule is COc1cccc(Cl)c1C(=O)NCCCC(C)(C)CO. The summed E-state index contributed by atoms with van der Waals surface area (Å²) in [5, 5.41) is 12.4. The topological polar surface area (TPSA) is 58.6 Å². The molecule has 5 heteroatoms. The van der Waals surface area contributed by atoms with Gasteiger partial charge in [-0.15, -0.1) is 0 Å². The molecule has 1 rings (SSSR count). The van der Waals surface area contributed by atoms with Crippen molar-refractivity contribution in [2.24, 2.45) is 5.41 Å². The van der Waals surface area contributed by atoms with E-state index in [1.807, 2.05) is 13.8 Å². The normalized spacial score (nSPS) is 11.2. The summed E-state index contributed by atoms with van der Waals surface area (Å²) in [5.74, 6) is 0.222. The van der Waals surface area contributed by atoms with Crippen LogP contribution in [0, 0.1) is 5.41 Å². The van der Waals surface area contributed by atoms with Gasteiger partial charge in [0.1, 0.15) is 5.75 Å². The van der Waals surface area contributed by atoms with Crippen LogP contribution in [0.1, 0.15) is 37.0 Å². The van der Waals surface area contributed by atoms with Crippen molar-refractivity contribution in [1.82, 2.24) is 5.32 Å². The lowest BCUT2D eigenvalue weighted by molar-refractivity contribution is 0.0945. The van der Waals surface area contributed by atoms with Crippen LogP contribution < -0.4 is 10.1 Å². The molecule has 0 aliphatic carbocycles. The third-order valence-electron chi connectivity index (χ3n) is 3.17. The minimum absolute atomic E-state index is 0.118. The van der Waals surface area contributed by atoms with Crippen LogP contribution in [0.3, 0.4) is 0 Å². The minimum atomic E-state index is -0.241. The van der Waals surface area contributed by atoms with Gasteiger partial charge < -0.3 is 15.2 Å². The third kappa shape index (κ3) is 4.69. The summed E-state index contributed by atoms with van der Waals surface area (Å²) in [5.41, 5.74) is 0.241. The van der Waals surface area contributed by atoms with Crippen molar-refractivity contribution < 1.29 is 14.6 Å². The predicted molar refractivity (Wildman–Crippen MR) is 80.4 cm³/mol. The Labute approximate surface area is 125 Å². The number of methoxy groups -OCH3 is 1. The summed E-state index contributed by atoms with van der Waals surface area (Å²) in [4.78, 5) is 12.1.